The molecule has 0 unspecified atom stereocenters. The molecule has 1 heterocycles. The summed E-state index contributed by atoms with van der Waals surface area (Å²) >= 11 is 0. The third-order valence-corrected chi connectivity index (χ3v) is 4.28. The van der Waals surface area contributed by atoms with Crippen molar-refractivity contribution in [2.45, 2.75) is 33.1 Å². The van der Waals surface area contributed by atoms with Crippen LogP contribution < -0.4 is 0 Å². The highest BCUT2D eigenvalue weighted by molar-refractivity contribution is 5.96. The van der Waals surface area contributed by atoms with Crippen molar-refractivity contribution in [2.75, 3.05) is 53.4 Å². The van der Waals surface area contributed by atoms with Gasteiger partial charge in [0.15, 0.2) is 0 Å². The Kier molecular flexibility index (Phi) is 19.8. The zero-order valence-corrected chi connectivity index (χ0v) is 19.8. The number of nitrogens with zero attached hydrogens (tertiary/aromatic N) is 3. The molecular formula is C23H39N3O6. The minimum Gasteiger partial charge on any atom is -0.481 e. The Bertz CT molecular complexity index is 632. The molecule has 0 aromatic heterocycles. The maximum atomic E-state index is 12.2. The highest BCUT2D eigenvalue weighted by atomic mass is 16.4. The van der Waals surface area contributed by atoms with E-state index in [-0.39, 0.29) is 18.4 Å². The number of hydrogen-bond donors (Lipinski definition) is 2. The number of carbonyl (C=O) groups is 4. The van der Waals surface area contributed by atoms with Gasteiger partial charge in [-0.15, -0.1) is 0 Å². The standard InChI is InChI=1S/C15H21N3O2.C4H8O2.C3H8O.CH2O/c1-16-8-10-18(11-9-16)14(19)12-17(2)15(20)13-6-4-3-5-7-13;1-2-3-4(5)6;1-2-3-4;1-2/h3-7H,8-12H2,1-2H3;2-3H2,1H3,(H,5,6);4H,2-3H2,1H3;1H2. The molecule has 9 heteroatoms. The zero-order valence-electron chi connectivity index (χ0n) is 19.8. The van der Waals surface area contributed by atoms with Crippen molar-refractivity contribution in [3.8, 4) is 0 Å². The Morgan fingerprint density at radius 2 is 1.50 bits per heavy atom. The fourth-order valence-electron chi connectivity index (χ4n) is 2.45. The fraction of sp³-hybridized carbons (Fsp3) is 0.565. The summed E-state index contributed by atoms with van der Waals surface area (Å²) in [6.45, 7) is 9.49. The van der Waals surface area contributed by atoms with Crippen molar-refractivity contribution in [3.05, 3.63) is 35.9 Å². The average molecular weight is 454 g/mol. The van der Waals surface area contributed by atoms with Gasteiger partial charge in [0.1, 0.15) is 6.79 Å². The lowest BCUT2D eigenvalue weighted by molar-refractivity contribution is -0.137. The highest BCUT2D eigenvalue weighted by Gasteiger charge is 2.22. The second kappa shape index (κ2) is 20.1. The lowest BCUT2D eigenvalue weighted by Crippen LogP contribution is -2.50. The minimum atomic E-state index is -0.711. The first kappa shape index (κ1) is 31.4. The van der Waals surface area contributed by atoms with Crippen LogP contribution in [0.15, 0.2) is 30.3 Å². The van der Waals surface area contributed by atoms with E-state index in [9.17, 15) is 14.4 Å². The van der Waals surface area contributed by atoms with Crippen LogP contribution in [-0.4, -0.2) is 103 Å². The first-order chi connectivity index (χ1) is 15.3. The van der Waals surface area contributed by atoms with Gasteiger partial charge in [-0.05, 0) is 32.0 Å². The SMILES string of the molecule is C=O.CCCC(=O)O.CCCO.CN1CCN(C(=O)CN(C)C(=O)c2ccccc2)CC1. The van der Waals surface area contributed by atoms with E-state index < -0.39 is 5.97 Å². The van der Waals surface area contributed by atoms with Crippen LogP contribution in [0.2, 0.25) is 0 Å². The van der Waals surface area contributed by atoms with E-state index >= 15 is 0 Å². The molecule has 0 saturated carbocycles. The second-order valence-corrected chi connectivity index (χ2v) is 7.08. The molecule has 182 valence electrons. The molecule has 2 amide bonds. The van der Waals surface area contributed by atoms with E-state index in [1.807, 2.05) is 50.8 Å². The molecule has 1 fully saturated rings. The van der Waals surface area contributed by atoms with E-state index in [2.05, 4.69) is 4.90 Å². The summed E-state index contributed by atoms with van der Waals surface area (Å²) in [5.74, 6) is -0.810. The second-order valence-electron chi connectivity index (χ2n) is 7.08. The van der Waals surface area contributed by atoms with Crippen LogP contribution in [0.3, 0.4) is 0 Å². The van der Waals surface area contributed by atoms with Crippen molar-refractivity contribution in [3.63, 3.8) is 0 Å². The molecule has 1 aromatic rings. The third kappa shape index (κ3) is 15.1. The van der Waals surface area contributed by atoms with Crippen molar-refractivity contribution in [2.24, 2.45) is 0 Å². The van der Waals surface area contributed by atoms with Gasteiger partial charge in [0.2, 0.25) is 5.91 Å². The van der Waals surface area contributed by atoms with Gasteiger partial charge in [-0.25, -0.2) is 0 Å². The normalized spacial score (nSPS) is 12.6. The predicted molar refractivity (Wildman–Crippen MR) is 125 cm³/mol. The summed E-state index contributed by atoms with van der Waals surface area (Å²) in [7, 11) is 3.72. The smallest absolute Gasteiger partial charge is 0.303 e. The van der Waals surface area contributed by atoms with E-state index in [0.29, 0.717) is 18.6 Å². The number of carboxylic acid groups (broad SMARTS) is 1. The largest absolute Gasteiger partial charge is 0.481 e. The minimum absolute atomic E-state index is 0.0184. The Labute approximate surface area is 191 Å². The zero-order chi connectivity index (χ0) is 24.9. The maximum Gasteiger partial charge on any atom is 0.303 e. The quantitative estimate of drug-likeness (QED) is 0.672. The summed E-state index contributed by atoms with van der Waals surface area (Å²) in [4.78, 5) is 47.4. The molecule has 2 rings (SSSR count). The van der Waals surface area contributed by atoms with Crippen LogP contribution in [-0.2, 0) is 14.4 Å². The van der Waals surface area contributed by atoms with E-state index in [0.717, 1.165) is 39.0 Å². The summed E-state index contributed by atoms with van der Waals surface area (Å²) in [6, 6.07) is 9.04. The average Bonchev–Trinajstić information content (AvgIpc) is 2.81. The topological polar surface area (TPSA) is 118 Å². The Morgan fingerprint density at radius 1 is 1.00 bits per heavy atom. The number of carboxylic acids is 1. The van der Waals surface area contributed by atoms with Crippen LogP contribution in [0.5, 0.6) is 0 Å². The van der Waals surface area contributed by atoms with Gasteiger partial charge < -0.3 is 29.7 Å². The number of aliphatic hydroxyl groups is 1. The van der Waals surface area contributed by atoms with Crippen molar-refractivity contribution in [1.29, 1.82) is 0 Å². The van der Waals surface area contributed by atoms with Crippen molar-refractivity contribution >= 4 is 24.6 Å². The number of rotatable bonds is 6. The molecular weight excluding hydrogens is 414 g/mol. The van der Waals surface area contributed by atoms with E-state index in [4.69, 9.17) is 15.0 Å². The molecule has 1 aliphatic rings. The summed E-state index contributed by atoms with van der Waals surface area (Å²) in [5.41, 5.74) is 0.612. The Balaban J connectivity index is 0. The van der Waals surface area contributed by atoms with Gasteiger partial charge in [-0.1, -0.05) is 32.0 Å². The van der Waals surface area contributed by atoms with Crippen LogP contribution in [0.4, 0.5) is 0 Å². The Hall–Kier alpha value is -2.78. The number of piperazine rings is 1. The number of amides is 2. The van der Waals surface area contributed by atoms with Crippen molar-refractivity contribution < 1.29 is 29.4 Å². The molecule has 0 radical (unpaired) electrons. The molecule has 9 nitrogen and oxygen atoms in total. The van der Waals surface area contributed by atoms with Crippen molar-refractivity contribution in [1.82, 2.24) is 14.7 Å². The lowest BCUT2D eigenvalue weighted by Gasteiger charge is -2.33. The van der Waals surface area contributed by atoms with Gasteiger partial charge >= 0.3 is 5.97 Å². The molecule has 1 aromatic carbocycles. The summed E-state index contributed by atoms with van der Waals surface area (Å²) < 4.78 is 0. The van der Waals surface area contributed by atoms with Crippen LogP contribution in [0, 0.1) is 0 Å². The van der Waals surface area contributed by atoms with Gasteiger partial charge in [0.05, 0.1) is 6.54 Å². The molecule has 32 heavy (non-hydrogen) atoms. The maximum absolute atomic E-state index is 12.2. The van der Waals surface area contributed by atoms with Crippen LogP contribution in [0.25, 0.3) is 0 Å². The van der Waals surface area contributed by atoms with Crippen LogP contribution in [0.1, 0.15) is 43.5 Å². The number of hydrogen-bond acceptors (Lipinski definition) is 6. The fourth-order valence-corrected chi connectivity index (χ4v) is 2.45. The van der Waals surface area contributed by atoms with Gasteiger partial charge in [0, 0.05) is 51.8 Å². The molecule has 1 aliphatic heterocycles. The summed E-state index contributed by atoms with van der Waals surface area (Å²) in [5, 5.41) is 15.8. The number of carbonyl (C=O) groups excluding carboxylic acids is 3. The monoisotopic (exact) mass is 453 g/mol. The van der Waals surface area contributed by atoms with E-state index in [1.54, 1.807) is 19.2 Å². The van der Waals surface area contributed by atoms with Gasteiger partial charge in [-0.2, -0.15) is 0 Å². The third-order valence-electron chi connectivity index (χ3n) is 4.28. The first-order valence-corrected chi connectivity index (χ1v) is 10.6. The first-order valence-electron chi connectivity index (χ1n) is 10.6. The molecule has 0 atom stereocenters. The molecule has 0 spiro atoms. The lowest BCUT2D eigenvalue weighted by atomic mass is 10.2. The molecule has 2 N–H and O–H groups in total. The number of likely N-dealkylation sites (N-methyl/N-ethyl adjacent to an activating group) is 2. The summed E-state index contributed by atoms with van der Waals surface area (Å²) in [6.07, 6.45) is 1.90. The Morgan fingerprint density at radius 3 is 1.88 bits per heavy atom. The molecule has 0 aliphatic carbocycles. The van der Waals surface area contributed by atoms with E-state index in [1.165, 1.54) is 4.90 Å². The van der Waals surface area contributed by atoms with Gasteiger partial charge in [-0.3, -0.25) is 14.4 Å². The highest BCUT2D eigenvalue weighted by Crippen LogP contribution is 2.05. The van der Waals surface area contributed by atoms with Crippen LogP contribution >= 0.6 is 0 Å². The van der Waals surface area contributed by atoms with Gasteiger partial charge in [0.25, 0.3) is 5.91 Å². The molecule has 1 saturated heterocycles. The number of aliphatic carboxylic acids is 1. The number of aliphatic hydroxyl groups excluding tert-OH is 1. The molecule has 0 bridgehead atoms. The predicted octanol–water partition coefficient (Wildman–Crippen LogP) is 1.61. The number of benzene rings is 1.